The number of carboxylic acids is 1. The van der Waals surface area contributed by atoms with Gasteiger partial charge in [-0.05, 0) is 30.5 Å². The van der Waals surface area contributed by atoms with Crippen molar-refractivity contribution in [1.29, 1.82) is 0 Å². The summed E-state index contributed by atoms with van der Waals surface area (Å²) in [4.78, 5) is 23.3. The van der Waals surface area contributed by atoms with E-state index in [1.165, 1.54) is 28.9 Å². The smallest absolute Gasteiger partial charge is 0.360 e. The minimum atomic E-state index is -1.35. The summed E-state index contributed by atoms with van der Waals surface area (Å²) in [5.74, 6) is -1.77. The summed E-state index contributed by atoms with van der Waals surface area (Å²) in [6.45, 7) is 0. The Hall–Kier alpha value is -2.50. The molecule has 1 aromatic heterocycles. The van der Waals surface area contributed by atoms with Crippen LogP contribution in [-0.2, 0) is 0 Å². The minimum Gasteiger partial charge on any atom is -0.476 e. The highest BCUT2D eigenvalue weighted by Gasteiger charge is 2.27. The molecule has 0 unspecified atom stereocenters. The van der Waals surface area contributed by atoms with Crippen molar-refractivity contribution >= 4 is 5.97 Å². The van der Waals surface area contributed by atoms with Gasteiger partial charge in [0.25, 0.3) is 0 Å². The third-order valence-electron chi connectivity index (χ3n) is 3.22. The second kappa shape index (κ2) is 4.56. The SMILES string of the molecule is O=C(O)c1nn(C2CC2)cc(-c2ccc(F)cc2)c1=O. The molecule has 1 saturated carbocycles. The van der Waals surface area contributed by atoms with Crippen LogP contribution in [0, 0.1) is 5.82 Å². The Kier molecular flexibility index (Phi) is 2.85. The zero-order chi connectivity index (χ0) is 14.3. The van der Waals surface area contributed by atoms with Crippen molar-refractivity contribution < 1.29 is 14.3 Å². The van der Waals surface area contributed by atoms with Crippen LogP contribution in [0.1, 0.15) is 29.4 Å². The van der Waals surface area contributed by atoms with Crippen molar-refractivity contribution in [2.75, 3.05) is 0 Å². The zero-order valence-electron chi connectivity index (χ0n) is 10.4. The zero-order valence-corrected chi connectivity index (χ0v) is 10.4. The van der Waals surface area contributed by atoms with E-state index in [-0.39, 0.29) is 11.6 Å². The molecule has 0 atom stereocenters. The number of carboxylic acid groups (broad SMARTS) is 1. The Morgan fingerprint density at radius 2 is 1.95 bits per heavy atom. The van der Waals surface area contributed by atoms with E-state index in [0.29, 0.717) is 5.56 Å². The predicted molar refractivity (Wildman–Crippen MR) is 69.1 cm³/mol. The standard InChI is InChI=1S/C14H11FN2O3/c15-9-3-1-8(2-4-9)11-7-17(10-5-6-10)16-12(13(11)18)14(19)20/h1-4,7,10H,5-6H2,(H,19,20). The molecular weight excluding hydrogens is 263 g/mol. The number of benzene rings is 1. The van der Waals surface area contributed by atoms with Crippen molar-refractivity contribution in [2.24, 2.45) is 0 Å². The van der Waals surface area contributed by atoms with Crippen LogP contribution in [0.25, 0.3) is 11.1 Å². The second-order valence-corrected chi connectivity index (χ2v) is 4.74. The van der Waals surface area contributed by atoms with Gasteiger partial charge in [-0.2, -0.15) is 5.10 Å². The van der Waals surface area contributed by atoms with Crippen LogP contribution in [0.5, 0.6) is 0 Å². The maximum absolute atomic E-state index is 12.9. The fourth-order valence-corrected chi connectivity index (χ4v) is 2.01. The van der Waals surface area contributed by atoms with Crippen molar-refractivity contribution in [3.8, 4) is 11.1 Å². The lowest BCUT2D eigenvalue weighted by Crippen LogP contribution is -2.23. The van der Waals surface area contributed by atoms with Gasteiger partial charge >= 0.3 is 5.97 Å². The first-order valence-electron chi connectivity index (χ1n) is 6.19. The molecule has 2 aromatic rings. The third-order valence-corrected chi connectivity index (χ3v) is 3.22. The van der Waals surface area contributed by atoms with Crippen molar-refractivity contribution in [1.82, 2.24) is 9.78 Å². The molecule has 3 rings (SSSR count). The van der Waals surface area contributed by atoms with Gasteiger partial charge in [0.15, 0.2) is 0 Å². The lowest BCUT2D eigenvalue weighted by atomic mass is 10.1. The molecule has 1 aliphatic rings. The van der Waals surface area contributed by atoms with Gasteiger partial charge in [0.1, 0.15) is 5.82 Å². The minimum absolute atomic E-state index is 0.146. The van der Waals surface area contributed by atoms with Crippen molar-refractivity contribution in [2.45, 2.75) is 18.9 Å². The number of halogens is 1. The highest BCUT2D eigenvalue weighted by Crippen LogP contribution is 2.34. The first-order chi connectivity index (χ1) is 9.56. The van der Waals surface area contributed by atoms with Crippen LogP contribution in [0.2, 0.25) is 0 Å². The lowest BCUT2D eigenvalue weighted by molar-refractivity contribution is 0.0686. The Bertz CT molecular complexity index is 733. The summed E-state index contributed by atoms with van der Waals surface area (Å²) in [5, 5.41) is 12.9. The maximum Gasteiger partial charge on any atom is 0.360 e. The molecule has 0 radical (unpaired) electrons. The normalized spacial score (nSPS) is 14.2. The number of carbonyl (C=O) groups is 1. The van der Waals surface area contributed by atoms with E-state index in [1.54, 1.807) is 6.20 Å². The maximum atomic E-state index is 12.9. The fourth-order valence-electron chi connectivity index (χ4n) is 2.01. The molecule has 1 aliphatic carbocycles. The van der Waals surface area contributed by atoms with Crippen LogP contribution in [-0.4, -0.2) is 20.9 Å². The first kappa shape index (κ1) is 12.5. The Labute approximate surface area is 113 Å². The van der Waals surface area contributed by atoms with Gasteiger partial charge in [-0.3, -0.25) is 9.48 Å². The Balaban J connectivity index is 2.20. The molecule has 0 aliphatic heterocycles. The highest BCUT2D eigenvalue weighted by molar-refractivity contribution is 5.86. The average Bonchev–Trinajstić information content (AvgIpc) is 3.24. The summed E-state index contributed by atoms with van der Waals surface area (Å²) >= 11 is 0. The molecule has 5 nitrogen and oxygen atoms in total. The van der Waals surface area contributed by atoms with Gasteiger partial charge in [0.05, 0.1) is 6.04 Å². The van der Waals surface area contributed by atoms with Gasteiger partial charge in [-0.1, -0.05) is 12.1 Å². The fraction of sp³-hybridized carbons (Fsp3) is 0.214. The van der Waals surface area contributed by atoms with Gasteiger partial charge in [-0.25, -0.2) is 9.18 Å². The van der Waals surface area contributed by atoms with Gasteiger partial charge < -0.3 is 5.11 Å². The number of rotatable bonds is 3. The largest absolute Gasteiger partial charge is 0.476 e. The van der Waals surface area contributed by atoms with Crippen LogP contribution >= 0.6 is 0 Å². The number of hydrogen-bond acceptors (Lipinski definition) is 3. The van der Waals surface area contributed by atoms with E-state index in [9.17, 15) is 14.0 Å². The molecule has 0 bridgehead atoms. The molecule has 0 amide bonds. The summed E-state index contributed by atoms with van der Waals surface area (Å²) in [6, 6.07) is 5.52. The molecular formula is C14H11FN2O3. The van der Waals surface area contributed by atoms with Gasteiger partial charge in [-0.15, -0.1) is 0 Å². The molecule has 0 saturated heterocycles. The van der Waals surface area contributed by atoms with Crippen molar-refractivity contribution in [3.05, 3.63) is 52.2 Å². The molecule has 1 N–H and O–H groups in total. The highest BCUT2D eigenvalue weighted by atomic mass is 19.1. The lowest BCUT2D eigenvalue weighted by Gasteiger charge is -2.08. The summed E-state index contributed by atoms with van der Waals surface area (Å²) in [6.07, 6.45) is 3.37. The number of hydrogen-bond donors (Lipinski definition) is 1. The number of aromatic carboxylic acids is 1. The topological polar surface area (TPSA) is 72.2 Å². The first-order valence-corrected chi connectivity index (χ1v) is 6.19. The molecule has 20 heavy (non-hydrogen) atoms. The van der Waals surface area contributed by atoms with E-state index in [0.717, 1.165) is 12.8 Å². The van der Waals surface area contributed by atoms with Crippen LogP contribution in [0.3, 0.4) is 0 Å². The molecule has 1 fully saturated rings. The van der Waals surface area contributed by atoms with Gasteiger partial charge in [0.2, 0.25) is 11.1 Å². The quantitative estimate of drug-likeness (QED) is 0.930. The van der Waals surface area contributed by atoms with Gasteiger partial charge in [0, 0.05) is 11.8 Å². The number of aromatic nitrogens is 2. The summed E-state index contributed by atoms with van der Waals surface area (Å²) < 4.78 is 14.5. The molecule has 0 spiro atoms. The van der Waals surface area contributed by atoms with Crippen molar-refractivity contribution in [3.63, 3.8) is 0 Å². The summed E-state index contributed by atoms with van der Waals surface area (Å²) in [5.41, 5.74) is -0.445. The van der Waals surface area contributed by atoms with Crippen LogP contribution in [0.4, 0.5) is 4.39 Å². The molecule has 1 aromatic carbocycles. The van der Waals surface area contributed by atoms with E-state index < -0.39 is 22.9 Å². The van der Waals surface area contributed by atoms with E-state index >= 15 is 0 Å². The average molecular weight is 274 g/mol. The second-order valence-electron chi connectivity index (χ2n) is 4.74. The summed E-state index contributed by atoms with van der Waals surface area (Å²) in [7, 11) is 0. The molecule has 102 valence electrons. The Morgan fingerprint density at radius 3 is 2.50 bits per heavy atom. The third kappa shape index (κ3) is 2.20. The number of nitrogens with zero attached hydrogens (tertiary/aromatic N) is 2. The predicted octanol–water partition coefficient (Wildman–Crippen LogP) is 2.08. The molecule has 6 heteroatoms. The van der Waals surface area contributed by atoms with E-state index in [4.69, 9.17) is 5.11 Å². The van der Waals surface area contributed by atoms with E-state index in [1.807, 2.05) is 0 Å². The van der Waals surface area contributed by atoms with Crippen LogP contribution in [0.15, 0.2) is 35.3 Å². The van der Waals surface area contributed by atoms with Crippen LogP contribution < -0.4 is 5.43 Å². The van der Waals surface area contributed by atoms with E-state index in [2.05, 4.69) is 5.10 Å². The molecule has 1 heterocycles. The Morgan fingerprint density at radius 1 is 1.30 bits per heavy atom. The monoisotopic (exact) mass is 274 g/mol.